The highest BCUT2D eigenvalue weighted by molar-refractivity contribution is 5.81. The number of hydrogen-bond acceptors (Lipinski definition) is 4. The molecule has 0 aliphatic carbocycles. The van der Waals surface area contributed by atoms with E-state index in [1.165, 1.54) is 0 Å². The maximum absolute atomic E-state index is 12.4. The predicted molar refractivity (Wildman–Crippen MR) is 84.9 cm³/mol. The van der Waals surface area contributed by atoms with Gasteiger partial charge in [0.1, 0.15) is 0 Å². The standard InChI is InChI=1S/C16H25N3O3/c1-4-14(19-5-7-22-8-6-19)16(21)18-10-13-12(3)15(20)11(2)9-17-13/h9,14H,4-8,10H2,1-3H3,(H,17,20)(H,18,21)/t14-/m0/s1. The largest absolute Gasteiger partial charge is 0.379 e. The van der Waals surface area contributed by atoms with E-state index in [1.54, 1.807) is 20.0 Å². The van der Waals surface area contributed by atoms with Gasteiger partial charge in [-0.05, 0) is 20.3 Å². The molecule has 2 heterocycles. The van der Waals surface area contributed by atoms with Crippen molar-refractivity contribution < 1.29 is 9.53 Å². The molecule has 1 aliphatic rings. The van der Waals surface area contributed by atoms with Gasteiger partial charge < -0.3 is 15.0 Å². The molecule has 1 atom stereocenters. The first-order chi connectivity index (χ1) is 10.5. The molecular weight excluding hydrogens is 282 g/mol. The van der Waals surface area contributed by atoms with Gasteiger partial charge in [-0.1, -0.05) is 6.92 Å². The Kier molecular flexibility index (Phi) is 5.74. The smallest absolute Gasteiger partial charge is 0.237 e. The monoisotopic (exact) mass is 307 g/mol. The first kappa shape index (κ1) is 16.7. The third-order valence-electron chi connectivity index (χ3n) is 4.23. The predicted octanol–water partition coefficient (Wildman–Crippen LogP) is 0.719. The summed E-state index contributed by atoms with van der Waals surface area (Å²) in [6.45, 7) is 8.84. The Morgan fingerprint density at radius 2 is 2.09 bits per heavy atom. The molecule has 1 aliphatic heterocycles. The third-order valence-corrected chi connectivity index (χ3v) is 4.23. The fourth-order valence-corrected chi connectivity index (χ4v) is 2.78. The number of aryl methyl sites for hydroxylation is 1. The van der Waals surface area contributed by atoms with Crippen LogP contribution in [0, 0.1) is 13.8 Å². The van der Waals surface area contributed by atoms with E-state index in [2.05, 4.69) is 15.2 Å². The normalized spacial score (nSPS) is 17.2. The van der Waals surface area contributed by atoms with Crippen LogP contribution in [0.25, 0.3) is 0 Å². The van der Waals surface area contributed by atoms with Crippen LogP contribution in [0.1, 0.15) is 30.2 Å². The van der Waals surface area contributed by atoms with Crippen LogP contribution in [-0.4, -0.2) is 48.1 Å². The van der Waals surface area contributed by atoms with Crippen molar-refractivity contribution >= 4 is 5.91 Å². The SMILES string of the molecule is CC[C@@H](C(=O)NCc1[nH]cc(C)c(=O)c1C)N1CCOCC1. The summed E-state index contributed by atoms with van der Waals surface area (Å²) in [5, 5.41) is 2.94. The number of nitrogens with one attached hydrogen (secondary N) is 2. The Morgan fingerprint density at radius 1 is 1.41 bits per heavy atom. The summed E-state index contributed by atoms with van der Waals surface area (Å²) in [6, 6.07) is -0.138. The minimum Gasteiger partial charge on any atom is -0.379 e. The third kappa shape index (κ3) is 3.75. The van der Waals surface area contributed by atoms with E-state index >= 15 is 0 Å². The van der Waals surface area contributed by atoms with E-state index in [0.717, 1.165) is 25.2 Å². The topological polar surface area (TPSA) is 74.4 Å². The Balaban J connectivity index is 1.99. The number of carbonyl (C=O) groups is 1. The summed E-state index contributed by atoms with van der Waals surface area (Å²) in [5.41, 5.74) is 2.15. The van der Waals surface area contributed by atoms with Crippen molar-refractivity contribution in [2.75, 3.05) is 26.3 Å². The fraction of sp³-hybridized carbons (Fsp3) is 0.625. The maximum Gasteiger partial charge on any atom is 0.237 e. The number of rotatable bonds is 5. The number of H-pyrrole nitrogens is 1. The molecule has 0 saturated carbocycles. The molecule has 0 bridgehead atoms. The number of aromatic nitrogens is 1. The number of carbonyl (C=O) groups excluding carboxylic acids is 1. The lowest BCUT2D eigenvalue weighted by Gasteiger charge is -2.33. The molecule has 0 unspecified atom stereocenters. The van der Waals surface area contributed by atoms with Gasteiger partial charge in [0.05, 0.1) is 25.8 Å². The lowest BCUT2D eigenvalue weighted by Crippen LogP contribution is -2.50. The van der Waals surface area contributed by atoms with Gasteiger partial charge in [0, 0.05) is 36.1 Å². The lowest BCUT2D eigenvalue weighted by atomic mass is 10.1. The Bertz CT molecular complexity index is 576. The second kappa shape index (κ2) is 7.56. The van der Waals surface area contributed by atoms with Crippen LogP contribution in [0.3, 0.4) is 0 Å². The van der Waals surface area contributed by atoms with E-state index < -0.39 is 0 Å². The van der Waals surface area contributed by atoms with Gasteiger partial charge in [-0.15, -0.1) is 0 Å². The molecule has 2 rings (SSSR count). The molecule has 1 aromatic rings. The fourth-order valence-electron chi connectivity index (χ4n) is 2.78. The quantitative estimate of drug-likeness (QED) is 0.840. The van der Waals surface area contributed by atoms with Crippen LogP contribution in [0.4, 0.5) is 0 Å². The molecule has 0 aromatic carbocycles. The number of ether oxygens (including phenoxy) is 1. The molecule has 1 amide bonds. The van der Waals surface area contributed by atoms with Gasteiger partial charge in [0.15, 0.2) is 5.43 Å². The molecule has 1 saturated heterocycles. The number of morpholine rings is 1. The van der Waals surface area contributed by atoms with E-state index in [9.17, 15) is 9.59 Å². The minimum atomic E-state index is -0.138. The molecule has 1 aromatic heterocycles. The summed E-state index contributed by atoms with van der Waals surface area (Å²) in [6.07, 6.45) is 2.45. The van der Waals surface area contributed by atoms with Gasteiger partial charge >= 0.3 is 0 Å². The highest BCUT2D eigenvalue weighted by Gasteiger charge is 2.25. The number of pyridine rings is 1. The van der Waals surface area contributed by atoms with Gasteiger partial charge in [-0.2, -0.15) is 0 Å². The maximum atomic E-state index is 12.4. The summed E-state index contributed by atoms with van der Waals surface area (Å²) in [5.74, 6) is 0.00484. The van der Waals surface area contributed by atoms with E-state index in [1.807, 2.05) is 6.92 Å². The summed E-state index contributed by atoms with van der Waals surface area (Å²) in [4.78, 5) is 29.6. The van der Waals surface area contributed by atoms with E-state index in [-0.39, 0.29) is 17.4 Å². The van der Waals surface area contributed by atoms with Crippen molar-refractivity contribution in [2.45, 2.75) is 39.8 Å². The molecule has 122 valence electrons. The van der Waals surface area contributed by atoms with Crippen LogP contribution >= 0.6 is 0 Å². The van der Waals surface area contributed by atoms with Crippen molar-refractivity contribution in [1.82, 2.24) is 15.2 Å². The highest BCUT2D eigenvalue weighted by Crippen LogP contribution is 2.08. The van der Waals surface area contributed by atoms with E-state index in [0.29, 0.717) is 30.9 Å². The molecule has 6 heteroatoms. The van der Waals surface area contributed by atoms with Crippen molar-refractivity contribution in [1.29, 1.82) is 0 Å². The summed E-state index contributed by atoms with van der Waals surface area (Å²) in [7, 11) is 0. The zero-order valence-corrected chi connectivity index (χ0v) is 13.6. The zero-order valence-electron chi connectivity index (χ0n) is 13.6. The first-order valence-corrected chi connectivity index (χ1v) is 7.81. The second-order valence-corrected chi connectivity index (χ2v) is 5.69. The van der Waals surface area contributed by atoms with Crippen molar-refractivity contribution in [2.24, 2.45) is 0 Å². The van der Waals surface area contributed by atoms with E-state index in [4.69, 9.17) is 4.74 Å². The van der Waals surface area contributed by atoms with Crippen LogP contribution in [0.2, 0.25) is 0 Å². The molecule has 1 fully saturated rings. The molecule has 0 spiro atoms. The number of nitrogens with zero attached hydrogens (tertiary/aromatic N) is 1. The van der Waals surface area contributed by atoms with Gasteiger partial charge in [-0.25, -0.2) is 0 Å². The molecule has 6 nitrogen and oxygen atoms in total. The van der Waals surface area contributed by atoms with Crippen LogP contribution in [-0.2, 0) is 16.1 Å². The summed E-state index contributed by atoms with van der Waals surface area (Å²) < 4.78 is 5.33. The van der Waals surface area contributed by atoms with Crippen molar-refractivity contribution in [3.8, 4) is 0 Å². The van der Waals surface area contributed by atoms with Gasteiger partial charge in [0.25, 0.3) is 0 Å². The van der Waals surface area contributed by atoms with Crippen molar-refractivity contribution in [3.63, 3.8) is 0 Å². The van der Waals surface area contributed by atoms with Crippen molar-refractivity contribution in [3.05, 3.63) is 33.2 Å². The number of hydrogen-bond donors (Lipinski definition) is 2. The second-order valence-electron chi connectivity index (χ2n) is 5.69. The molecule has 0 radical (unpaired) electrons. The first-order valence-electron chi connectivity index (χ1n) is 7.81. The van der Waals surface area contributed by atoms with Gasteiger partial charge in [0.2, 0.25) is 5.91 Å². The molecule has 22 heavy (non-hydrogen) atoms. The average molecular weight is 307 g/mol. The molecular formula is C16H25N3O3. The Morgan fingerprint density at radius 3 is 2.73 bits per heavy atom. The van der Waals surface area contributed by atoms with Crippen LogP contribution in [0.15, 0.2) is 11.0 Å². The average Bonchev–Trinajstić information content (AvgIpc) is 2.54. The lowest BCUT2D eigenvalue weighted by molar-refractivity contribution is -0.128. The summed E-state index contributed by atoms with van der Waals surface area (Å²) >= 11 is 0. The Hall–Kier alpha value is -1.66. The molecule has 2 N–H and O–H groups in total. The minimum absolute atomic E-state index is 0.00484. The number of aromatic amines is 1. The van der Waals surface area contributed by atoms with Crippen LogP contribution in [0.5, 0.6) is 0 Å². The van der Waals surface area contributed by atoms with Gasteiger partial charge in [-0.3, -0.25) is 14.5 Å². The number of amides is 1. The van der Waals surface area contributed by atoms with Crippen LogP contribution < -0.4 is 10.7 Å². The zero-order chi connectivity index (χ0) is 16.1. The Labute approximate surface area is 130 Å². The highest BCUT2D eigenvalue weighted by atomic mass is 16.5.